The largest absolute Gasteiger partial charge is 0.325 e. The summed E-state index contributed by atoms with van der Waals surface area (Å²) < 4.78 is 14.0. The molecule has 1 saturated carbocycles. The number of halogens is 2. The van der Waals surface area contributed by atoms with Crippen LogP contribution in [-0.2, 0) is 6.42 Å². The Labute approximate surface area is 91.6 Å². The molecule has 0 spiro atoms. The van der Waals surface area contributed by atoms with Crippen LogP contribution in [0, 0.1) is 12.7 Å². The van der Waals surface area contributed by atoms with Gasteiger partial charge in [0.1, 0.15) is 5.82 Å². The van der Waals surface area contributed by atoms with Gasteiger partial charge in [-0.1, -0.05) is 15.9 Å². The van der Waals surface area contributed by atoms with Crippen molar-refractivity contribution in [3.05, 3.63) is 33.5 Å². The van der Waals surface area contributed by atoms with Crippen LogP contribution in [-0.4, -0.2) is 5.54 Å². The van der Waals surface area contributed by atoms with E-state index >= 15 is 0 Å². The maximum Gasteiger partial charge on any atom is 0.124 e. The van der Waals surface area contributed by atoms with Crippen LogP contribution >= 0.6 is 15.9 Å². The van der Waals surface area contributed by atoms with Gasteiger partial charge < -0.3 is 5.73 Å². The van der Waals surface area contributed by atoms with Gasteiger partial charge in [-0.15, -0.1) is 0 Å². The molecule has 1 fully saturated rings. The molecule has 0 radical (unpaired) electrons. The van der Waals surface area contributed by atoms with Crippen molar-refractivity contribution >= 4 is 15.9 Å². The predicted octanol–water partition coefficient (Wildman–Crippen LogP) is 2.93. The van der Waals surface area contributed by atoms with E-state index in [0.717, 1.165) is 34.9 Å². The standard InChI is InChI=1S/C11H13BrFN/c1-7-8(6-11(14)2-3-11)4-9(13)5-10(7)12/h4-5H,2-3,6,14H2,1H3. The lowest BCUT2D eigenvalue weighted by atomic mass is 10.00. The zero-order chi connectivity index (χ0) is 10.3. The van der Waals surface area contributed by atoms with Gasteiger partial charge in [-0.25, -0.2) is 4.39 Å². The third kappa shape index (κ3) is 1.98. The Hall–Kier alpha value is -0.410. The Bertz CT molecular complexity index is 372. The highest BCUT2D eigenvalue weighted by Gasteiger charge is 2.38. The minimum atomic E-state index is -0.193. The van der Waals surface area contributed by atoms with Crippen molar-refractivity contribution in [2.24, 2.45) is 5.73 Å². The molecular weight excluding hydrogens is 245 g/mol. The molecule has 0 aliphatic heterocycles. The summed E-state index contributed by atoms with van der Waals surface area (Å²) in [6.07, 6.45) is 2.90. The predicted molar refractivity (Wildman–Crippen MR) is 58.7 cm³/mol. The zero-order valence-electron chi connectivity index (χ0n) is 8.11. The summed E-state index contributed by atoms with van der Waals surface area (Å²) in [5.41, 5.74) is 8.08. The minimum absolute atomic E-state index is 0.0575. The SMILES string of the molecule is Cc1c(Br)cc(F)cc1CC1(N)CC1. The van der Waals surface area contributed by atoms with Crippen molar-refractivity contribution in [3.8, 4) is 0 Å². The summed E-state index contributed by atoms with van der Waals surface area (Å²) in [4.78, 5) is 0. The van der Waals surface area contributed by atoms with Gasteiger partial charge in [0.05, 0.1) is 0 Å². The van der Waals surface area contributed by atoms with Crippen LogP contribution in [0.3, 0.4) is 0 Å². The van der Waals surface area contributed by atoms with Crippen LogP contribution in [0.5, 0.6) is 0 Å². The molecule has 3 heteroatoms. The Morgan fingerprint density at radius 2 is 2.14 bits per heavy atom. The third-order valence-corrected chi connectivity index (χ3v) is 3.68. The summed E-state index contributed by atoms with van der Waals surface area (Å²) in [6, 6.07) is 3.09. The topological polar surface area (TPSA) is 26.0 Å². The molecular formula is C11H13BrFN. The van der Waals surface area contributed by atoms with Gasteiger partial charge in [0.15, 0.2) is 0 Å². The van der Waals surface area contributed by atoms with E-state index in [1.54, 1.807) is 6.07 Å². The van der Waals surface area contributed by atoms with Crippen molar-refractivity contribution in [2.45, 2.75) is 31.7 Å². The average Bonchev–Trinajstić information content (AvgIpc) is 2.79. The van der Waals surface area contributed by atoms with Gasteiger partial charge in [0.2, 0.25) is 0 Å². The third-order valence-electron chi connectivity index (χ3n) is 2.85. The van der Waals surface area contributed by atoms with E-state index in [-0.39, 0.29) is 11.4 Å². The maximum atomic E-state index is 13.1. The first kappa shape index (κ1) is 10.1. The van der Waals surface area contributed by atoms with E-state index in [4.69, 9.17) is 5.73 Å². The first-order valence-corrected chi connectivity index (χ1v) is 5.53. The Balaban J connectivity index is 2.32. The molecule has 1 nitrogen and oxygen atoms in total. The summed E-state index contributed by atoms with van der Waals surface area (Å²) in [7, 11) is 0. The van der Waals surface area contributed by atoms with Crippen LogP contribution in [0.1, 0.15) is 24.0 Å². The van der Waals surface area contributed by atoms with E-state index in [1.807, 2.05) is 6.92 Å². The molecule has 2 N–H and O–H groups in total. The van der Waals surface area contributed by atoms with Gasteiger partial charge in [-0.2, -0.15) is 0 Å². The fourth-order valence-corrected chi connectivity index (χ4v) is 2.07. The number of benzene rings is 1. The maximum absolute atomic E-state index is 13.1. The Morgan fingerprint density at radius 3 is 2.71 bits per heavy atom. The first-order valence-electron chi connectivity index (χ1n) is 4.74. The zero-order valence-corrected chi connectivity index (χ0v) is 9.70. The van der Waals surface area contributed by atoms with Gasteiger partial charge in [0.25, 0.3) is 0 Å². The first-order chi connectivity index (χ1) is 6.50. The van der Waals surface area contributed by atoms with Crippen LogP contribution < -0.4 is 5.73 Å². The second-order valence-corrected chi connectivity index (χ2v) is 5.07. The molecule has 0 atom stereocenters. The van der Waals surface area contributed by atoms with Crippen molar-refractivity contribution in [2.75, 3.05) is 0 Å². The number of rotatable bonds is 2. The van der Waals surface area contributed by atoms with Crippen LogP contribution in [0.25, 0.3) is 0 Å². The van der Waals surface area contributed by atoms with Gasteiger partial charge >= 0.3 is 0 Å². The van der Waals surface area contributed by atoms with Crippen LogP contribution in [0.15, 0.2) is 16.6 Å². The van der Waals surface area contributed by atoms with Gasteiger partial charge in [0, 0.05) is 10.0 Å². The number of nitrogens with two attached hydrogens (primary N) is 1. The lowest BCUT2D eigenvalue weighted by molar-refractivity contribution is 0.615. The molecule has 0 heterocycles. The van der Waals surface area contributed by atoms with E-state index < -0.39 is 0 Å². The van der Waals surface area contributed by atoms with Crippen molar-refractivity contribution in [1.82, 2.24) is 0 Å². The summed E-state index contributed by atoms with van der Waals surface area (Å²) in [6.45, 7) is 1.99. The quantitative estimate of drug-likeness (QED) is 0.867. The van der Waals surface area contributed by atoms with Crippen molar-refractivity contribution in [1.29, 1.82) is 0 Å². The highest BCUT2D eigenvalue weighted by molar-refractivity contribution is 9.10. The minimum Gasteiger partial charge on any atom is -0.325 e. The molecule has 2 rings (SSSR count). The number of hydrogen-bond donors (Lipinski definition) is 1. The van der Waals surface area contributed by atoms with Crippen LogP contribution in [0.4, 0.5) is 4.39 Å². The van der Waals surface area contributed by atoms with Gasteiger partial charge in [-0.05, 0) is 49.4 Å². The molecule has 76 valence electrons. The molecule has 1 aromatic carbocycles. The second kappa shape index (κ2) is 3.31. The lowest BCUT2D eigenvalue weighted by Gasteiger charge is -2.12. The molecule has 14 heavy (non-hydrogen) atoms. The van der Waals surface area contributed by atoms with E-state index in [2.05, 4.69) is 15.9 Å². The fourth-order valence-electron chi connectivity index (χ4n) is 1.60. The molecule has 0 aromatic heterocycles. The molecule has 0 amide bonds. The normalized spacial score (nSPS) is 18.3. The smallest absolute Gasteiger partial charge is 0.124 e. The van der Waals surface area contributed by atoms with Crippen molar-refractivity contribution in [3.63, 3.8) is 0 Å². The monoisotopic (exact) mass is 257 g/mol. The van der Waals surface area contributed by atoms with E-state index in [9.17, 15) is 4.39 Å². The average molecular weight is 258 g/mol. The highest BCUT2D eigenvalue weighted by Crippen LogP contribution is 2.37. The molecule has 1 aliphatic rings. The fraction of sp³-hybridized carbons (Fsp3) is 0.455. The Kier molecular flexibility index (Phi) is 2.40. The number of hydrogen-bond acceptors (Lipinski definition) is 1. The second-order valence-electron chi connectivity index (χ2n) is 4.21. The van der Waals surface area contributed by atoms with E-state index in [0.29, 0.717) is 0 Å². The molecule has 0 saturated heterocycles. The van der Waals surface area contributed by atoms with Crippen molar-refractivity contribution < 1.29 is 4.39 Å². The van der Waals surface area contributed by atoms with Gasteiger partial charge in [-0.3, -0.25) is 0 Å². The lowest BCUT2D eigenvalue weighted by Crippen LogP contribution is -2.25. The highest BCUT2D eigenvalue weighted by atomic mass is 79.9. The van der Waals surface area contributed by atoms with Crippen LogP contribution in [0.2, 0.25) is 0 Å². The van der Waals surface area contributed by atoms with E-state index in [1.165, 1.54) is 6.07 Å². The molecule has 0 bridgehead atoms. The summed E-state index contributed by atoms with van der Waals surface area (Å²) in [5, 5.41) is 0. The molecule has 0 unspecified atom stereocenters. The molecule has 1 aromatic rings. The summed E-state index contributed by atoms with van der Waals surface area (Å²) in [5.74, 6) is -0.193. The Morgan fingerprint density at radius 1 is 1.50 bits per heavy atom. The molecule has 1 aliphatic carbocycles. The summed E-state index contributed by atoms with van der Waals surface area (Å²) >= 11 is 3.34.